The predicted molar refractivity (Wildman–Crippen MR) is 132 cm³/mol. The van der Waals surface area contributed by atoms with Gasteiger partial charge in [-0.25, -0.2) is 17.5 Å². The molecule has 0 saturated heterocycles. The Bertz CT molecular complexity index is 1390. The number of hydrogen-bond donors (Lipinski definition) is 3. The smallest absolute Gasteiger partial charge is 0.256 e. The van der Waals surface area contributed by atoms with Gasteiger partial charge in [0.05, 0.1) is 4.90 Å². The van der Waals surface area contributed by atoms with Crippen LogP contribution in [0.5, 0.6) is 5.75 Å². The Hall–Kier alpha value is -3.01. The second-order valence-electron chi connectivity index (χ2n) is 8.39. The van der Waals surface area contributed by atoms with Crippen molar-refractivity contribution in [2.45, 2.75) is 43.5 Å². The summed E-state index contributed by atoms with van der Waals surface area (Å²) in [5.41, 5.74) is 1.56. The largest absolute Gasteiger partial charge is 0.506 e. The Morgan fingerprint density at radius 2 is 1.94 bits per heavy atom. The van der Waals surface area contributed by atoms with Gasteiger partial charge in [-0.1, -0.05) is 35.4 Å². The van der Waals surface area contributed by atoms with Crippen LogP contribution in [0.3, 0.4) is 0 Å². The first-order valence-corrected chi connectivity index (χ1v) is 13.1. The van der Waals surface area contributed by atoms with Crippen molar-refractivity contribution in [3.05, 3.63) is 76.2 Å². The van der Waals surface area contributed by atoms with Gasteiger partial charge in [0.15, 0.2) is 5.82 Å². The molecule has 0 radical (unpaired) electrons. The van der Waals surface area contributed by atoms with Gasteiger partial charge < -0.3 is 10.4 Å². The number of pyridine rings is 1. The Labute approximate surface area is 208 Å². The first-order chi connectivity index (χ1) is 16.7. The van der Waals surface area contributed by atoms with Crippen molar-refractivity contribution in [3.8, 4) is 5.75 Å². The highest BCUT2D eigenvalue weighted by molar-refractivity contribution is 7.89. The number of aromatic nitrogens is 1. The number of carbonyl (C=O) groups excluding carboxylic acids is 1. The SMILES string of the molecule is O=C(NCc1ccc(Cl)cc1)c1cnc2c(F)cc(S(=O)(=O)NCCC3=CCCCC3)cc2c1O. The van der Waals surface area contributed by atoms with Crippen LogP contribution in [0.1, 0.15) is 48.0 Å². The maximum Gasteiger partial charge on any atom is 0.256 e. The number of allylic oxidation sites excluding steroid dienone is 1. The molecule has 0 bridgehead atoms. The van der Waals surface area contributed by atoms with Gasteiger partial charge in [0.1, 0.15) is 16.8 Å². The van der Waals surface area contributed by atoms with Gasteiger partial charge in [0, 0.05) is 29.7 Å². The molecular weight excluding hydrogens is 493 g/mol. The number of benzene rings is 2. The highest BCUT2D eigenvalue weighted by Gasteiger charge is 2.22. The summed E-state index contributed by atoms with van der Waals surface area (Å²) in [5, 5.41) is 13.7. The molecule has 7 nitrogen and oxygen atoms in total. The Morgan fingerprint density at radius 3 is 2.66 bits per heavy atom. The number of rotatable bonds is 8. The summed E-state index contributed by atoms with van der Waals surface area (Å²) >= 11 is 5.86. The minimum atomic E-state index is -4.04. The van der Waals surface area contributed by atoms with Crippen LogP contribution in [-0.2, 0) is 16.6 Å². The average molecular weight is 518 g/mol. The van der Waals surface area contributed by atoms with Crippen LogP contribution >= 0.6 is 11.6 Å². The molecule has 0 fully saturated rings. The minimum absolute atomic E-state index is 0.163. The second-order valence-corrected chi connectivity index (χ2v) is 10.6. The molecule has 184 valence electrons. The summed E-state index contributed by atoms with van der Waals surface area (Å²) in [6.07, 6.45) is 7.97. The van der Waals surface area contributed by atoms with E-state index in [2.05, 4.69) is 21.1 Å². The van der Waals surface area contributed by atoms with Crippen molar-refractivity contribution in [1.29, 1.82) is 0 Å². The molecular formula is C25H25ClFN3O4S. The summed E-state index contributed by atoms with van der Waals surface area (Å²) in [5.74, 6) is -2.10. The van der Waals surface area contributed by atoms with Crippen LogP contribution in [0.15, 0.2) is 59.1 Å². The summed E-state index contributed by atoms with van der Waals surface area (Å²) in [7, 11) is -4.04. The van der Waals surface area contributed by atoms with E-state index in [1.165, 1.54) is 5.57 Å². The Kier molecular flexibility index (Phi) is 7.69. The molecule has 10 heteroatoms. The topological polar surface area (TPSA) is 108 Å². The standard InChI is InChI=1S/C25H25ClFN3O4S/c26-18-8-6-17(7-9-18)14-29-25(32)21-15-28-23-20(24(21)31)12-19(13-22(23)27)35(33,34)30-11-10-16-4-2-1-3-5-16/h4,6-9,12-13,15,30H,1-3,5,10-11,14H2,(H,28,31)(H,29,32). The molecule has 1 aromatic heterocycles. The van der Waals surface area contributed by atoms with E-state index in [-0.39, 0.29) is 34.5 Å². The molecule has 0 aliphatic heterocycles. The first kappa shape index (κ1) is 25.1. The van der Waals surface area contributed by atoms with Crippen molar-refractivity contribution < 1.29 is 22.7 Å². The molecule has 0 saturated carbocycles. The fourth-order valence-corrected chi connectivity index (χ4v) is 5.18. The first-order valence-electron chi connectivity index (χ1n) is 11.3. The zero-order valence-electron chi connectivity index (χ0n) is 18.9. The third-order valence-electron chi connectivity index (χ3n) is 5.91. The third-order valence-corrected chi connectivity index (χ3v) is 7.61. The van der Waals surface area contributed by atoms with E-state index in [1.54, 1.807) is 24.3 Å². The fraction of sp³-hybridized carbons (Fsp3) is 0.280. The number of nitrogens with one attached hydrogen (secondary N) is 2. The van der Waals surface area contributed by atoms with Gasteiger partial charge >= 0.3 is 0 Å². The maximum atomic E-state index is 14.7. The molecule has 2 aromatic carbocycles. The van der Waals surface area contributed by atoms with Crippen molar-refractivity contribution in [2.24, 2.45) is 0 Å². The number of amides is 1. The molecule has 35 heavy (non-hydrogen) atoms. The van der Waals surface area contributed by atoms with E-state index in [1.807, 2.05) is 0 Å². The zero-order chi connectivity index (χ0) is 25.0. The van der Waals surface area contributed by atoms with Gasteiger partial charge in [-0.15, -0.1) is 0 Å². The molecule has 3 N–H and O–H groups in total. The Morgan fingerprint density at radius 1 is 1.17 bits per heavy atom. The van der Waals surface area contributed by atoms with Gasteiger partial charge in [0.2, 0.25) is 10.0 Å². The summed E-state index contributed by atoms with van der Waals surface area (Å²) in [4.78, 5) is 16.2. The maximum absolute atomic E-state index is 14.7. The lowest BCUT2D eigenvalue weighted by Crippen LogP contribution is -2.25. The lowest BCUT2D eigenvalue weighted by atomic mass is 9.97. The van der Waals surface area contributed by atoms with E-state index < -0.39 is 27.5 Å². The van der Waals surface area contributed by atoms with Gasteiger partial charge in [0.25, 0.3) is 5.91 Å². The van der Waals surface area contributed by atoms with E-state index in [4.69, 9.17) is 11.6 Å². The van der Waals surface area contributed by atoms with Gasteiger partial charge in [-0.2, -0.15) is 0 Å². The number of sulfonamides is 1. The fourth-order valence-electron chi connectivity index (χ4n) is 3.98. The van der Waals surface area contributed by atoms with Crippen molar-refractivity contribution in [3.63, 3.8) is 0 Å². The molecule has 3 aromatic rings. The number of halogens is 2. The van der Waals surface area contributed by atoms with E-state index in [0.717, 1.165) is 49.6 Å². The van der Waals surface area contributed by atoms with Crippen LogP contribution in [0, 0.1) is 5.82 Å². The summed E-state index contributed by atoms with van der Waals surface area (Å²) < 4.78 is 42.8. The van der Waals surface area contributed by atoms with E-state index in [9.17, 15) is 22.7 Å². The highest BCUT2D eigenvalue weighted by atomic mass is 35.5. The molecule has 0 unspecified atom stereocenters. The summed E-state index contributed by atoms with van der Waals surface area (Å²) in [6.45, 7) is 0.349. The van der Waals surface area contributed by atoms with E-state index >= 15 is 0 Å². The quantitative estimate of drug-likeness (QED) is 0.371. The zero-order valence-corrected chi connectivity index (χ0v) is 20.4. The molecule has 1 heterocycles. The number of fused-ring (bicyclic) bond motifs is 1. The lowest BCUT2D eigenvalue weighted by Gasteiger charge is -2.14. The van der Waals surface area contributed by atoms with Gasteiger partial charge in [-0.05, 0) is 61.9 Å². The number of carbonyl (C=O) groups is 1. The lowest BCUT2D eigenvalue weighted by molar-refractivity contribution is 0.0948. The van der Waals surface area contributed by atoms with Crippen LogP contribution in [0.4, 0.5) is 4.39 Å². The van der Waals surface area contributed by atoms with Crippen LogP contribution in [0.2, 0.25) is 5.02 Å². The molecule has 4 rings (SSSR count). The third kappa shape index (κ3) is 5.98. The van der Waals surface area contributed by atoms with Crippen LogP contribution in [0.25, 0.3) is 10.9 Å². The second kappa shape index (κ2) is 10.7. The highest BCUT2D eigenvalue weighted by Crippen LogP contribution is 2.31. The molecule has 1 amide bonds. The van der Waals surface area contributed by atoms with E-state index in [0.29, 0.717) is 11.4 Å². The minimum Gasteiger partial charge on any atom is -0.506 e. The normalized spacial score (nSPS) is 14.1. The van der Waals surface area contributed by atoms with Crippen molar-refractivity contribution in [1.82, 2.24) is 15.0 Å². The van der Waals surface area contributed by atoms with Crippen LogP contribution in [-0.4, -0.2) is 31.0 Å². The molecule has 0 spiro atoms. The van der Waals surface area contributed by atoms with Gasteiger partial charge in [-0.3, -0.25) is 9.78 Å². The predicted octanol–water partition coefficient (Wildman–Crippen LogP) is 4.83. The molecule has 1 aliphatic carbocycles. The van der Waals surface area contributed by atoms with Crippen molar-refractivity contribution >= 4 is 38.4 Å². The van der Waals surface area contributed by atoms with Crippen molar-refractivity contribution in [2.75, 3.05) is 6.54 Å². The molecule has 1 aliphatic rings. The number of hydrogen-bond acceptors (Lipinski definition) is 5. The Balaban J connectivity index is 1.54. The average Bonchev–Trinajstić information content (AvgIpc) is 2.84. The monoisotopic (exact) mass is 517 g/mol. The van der Waals surface area contributed by atoms with Crippen LogP contribution < -0.4 is 10.0 Å². The number of nitrogens with zero attached hydrogens (tertiary/aromatic N) is 1. The summed E-state index contributed by atoms with van der Waals surface area (Å²) in [6, 6.07) is 8.83. The molecule has 0 atom stereocenters. The number of aromatic hydroxyl groups is 1.